The summed E-state index contributed by atoms with van der Waals surface area (Å²) >= 11 is 1.58. The minimum Gasteiger partial charge on any atom is -0.391 e. The number of hydrogen-bond donors (Lipinski definition) is 2. The van der Waals surface area contributed by atoms with Crippen molar-refractivity contribution in [3.8, 4) is 11.3 Å². The SMILES string of the molecule is Cc1cc(C)c(-c2csc(CC(O)CN)n2)cc1C. The van der Waals surface area contributed by atoms with E-state index in [-0.39, 0.29) is 6.54 Å². The van der Waals surface area contributed by atoms with Crippen molar-refractivity contribution in [2.45, 2.75) is 33.3 Å². The van der Waals surface area contributed by atoms with Crippen LogP contribution in [-0.4, -0.2) is 22.7 Å². The minimum atomic E-state index is -0.500. The first-order valence-electron chi connectivity index (χ1n) is 6.42. The third-order valence-corrected chi connectivity index (χ3v) is 4.22. The second kappa shape index (κ2) is 5.82. The Morgan fingerprint density at radius 1 is 1.21 bits per heavy atom. The van der Waals surface area contributed by atoms with Gasteiger partial charge >= 0.3 is 0 Å². The van der Waals surface area contributed by atoms with Gasteiger partial charge in [0.05, 0.1) is 16.8 Å². The van der Waals surface area contributed by atoms with Gasteiger partial charge < -0.3 is 10.8 Å². The van der Waals surface area contributed by atoms with Crippen LogP contribution in [0.25, 0.3) is 11.3 Å². The highest BCUT2D eigenvalue weighted by Crippen LogP contribution is 2.28. The molecule has 3 N–H and O–H groups in total. The fourth-order valence-corrected chi connectivity index (χ4v) is 2.92. The molecule has 0 aliphatic carbocycles. The van der Waals surface area contributed by atoms with Crippen molar-refractivity contribution in [3.05, 3.63) is 39.2 Å². The normalized spacial score (nSPS) is 12.7. The molecule has 0 bridgehead atoms. The Kier molecular flexibility index (Phi) is 4.34. The minimum absolute atomic E-state index is 0.275. The van der Waals surface area contributed by atoms with Gasteiger partial charge in [-0.05, 0) is 43.5 Å². The fourth-order valence-electron chi connectivity index (χ4n) is 2.05. The summed E-state index contributed by atoms with van der Waals surface area (Å²) in [4.78, 5) is 4.60. The first-order valence-corrected chi connectivity index (χ1v) is 7.30. The molecular weight excluding hydrogens is 256 g/mol. The van der Waals surface area contributed by atoms with E-state index >= 15 is 0 Å². The van der Waals surface area contributed by atoms with E-state index in [1.807, 2.05) is 0 Å². The Morgan fingerprint density at radius 3 is 2.58 bits per heavy atom. The van der Waals surface area contributed by atoms with E-state index in [4.69, 9.17) is 5.73 Å². The van der Waals surface area contributed by atoms with Crippen molar-refractivity contribution >= 4 is 11.3 Å². The maximum atomic E-state index is 9.57. The number of aryl methyl sites for hydroxylation is 3. The number of nitrogens with two attached hydrogens (primary N) is 1. The predicted molar refractivity (Wildman–Crippen MR) is 80.5 cm³/mol. The van der Waals surface area contributed by atoms with Crippen LogP contribution in [0.3, 0.4) is 0 Å². The van der Waals surface area contributed by atoms with Crippen LogP contribution in [0.1, 0.15) is 21.7 Å². The quantitative estimate of drug-likeness (QED) is 0.902. The van der Waals surface area contributed by atoms with Crippen LogP contribution in [0.2, 0.25) is 0 Å². The summed E-state index contributed by atoms with van der Waals surface area (Å²) in [6.45, 7) is 6.62. The zero-order valence-corrected chi connectivity index (χ0v) is 12.4. The number of aliphatic hydroxyl groups excluding tert-OH is 1. The molecule has 2 rings (SSSR count). The number of thiazole rings is 1. The van der Waals surface area contributed by atoms with Gasteiger partial charge in [-0.1, -0.05) is 6.07 Å². The highest BCUT2D eigenvalue weighted by Gasteiger charge is 2.11. The summed E-state index contributed by atoms with van der Waals surface area (Å²) in [6.07, 6.45) is 0.0327. The first kappa shape index (κ1) is 14.2. The monoisotopic (exact) mass is 276 g/mol. The summed E-state index contributed by atoms with van der Waals surface area (Å²) in [7, 11) is 0. The molecule has 1 aromatic heterocycles. The predicted octanol–water partition coefficient (Wildman–Crippen LogP) is 2.60. The van der Waals surface area contributed by atoms with Gasteiger partial charge in [-0.25, -0.2) is 4.98 Å². The lowest BCUT2D eigenvalue weighted by atomic mass is 9.99. The molecule has 0 fully saturated rings. The smallest absolute Gasteiger partial charge is 0.0958 e. The average Bonchev–Trinajstić information content (AvgIpc) is 2.82. The van der Waals surface area contributed by atoms with Crippen molar-refractivity contribution < 1.29 is 5.11 Å². The van der Waals surface area contributed by atoms with Crippen molar-refractivity contribution in [1.29, 1.82) is 0 Å². The molecule has 1 unspecified atom stereocenters. The second-order valence-corrected chi connectivity index (χ2v) is 5.91. The van der Waals surface area contributed by atoms with E-state index < -0.39 is 6.10 Å². The van der Waals surface area contributed by atoms with E-state index in [9.17, 15) is 5.11 Å². The van der Waals surface area contributed by atoms with Crippen molar-refractivity contribution in [1.82, 2.24) is 4.98 Å². The molecule has 1 heterocycles. The van der Waals surface area contributed by atoms with Gasteiger partial charge in [-0.15, -0.1) is 11.3 Å². The molecule has 1 aromatic carbocycles. The molecule has 0 aliphatic rings. The van der Waals surface area contributed by atoms with Crippen LogP contribution < -0.4 is 5.73 Å². The van der Waals surface area contributed by atoms with Gasteiger partial charge in [0, 0.05) is 23.9 Å². The van der Waals surface area contributed by atoms with Crippen LogP contribution in [0.4, 0.5) is 0 Å². The number of hydrogen-bond acceptors (Lipinski definition) is 4. The Labute approximate surface area is 118 Å². The maximum Gasteiger partial charge on any atom is 0.0958 e. The second-order valence-electron chi connectivity index (χ2n) is 4.97. The highest BCUT2D eigenvalue weighted by molar-refractivity contribution is 7.09. The van der Waals surface area contributed by atoms with Gasteiger partial charge in [0.1, 0.15) is 0 Å². The molecule has 0 saturated heterocycles. The Balaban J connectivity index is 2.30. The number of aromatic nitrogens is 1. The van der Waals surface area contributed by atoms with E-state index in [1.54, 1.807) is 11.3 Å². The van der Waals surface area contributed by atoms with Crippen molar-refractivity contribution in [3.63, 3.8) is 0 Å². The molecule has 0 aliphatic heterocycles. The topological polar surface area (TPSA) is 59.1 Å². The van der Waals surface area contributed by atoms with Crippen LogP contribution in [-0.2, 0) is 6.42 Å². The Morgan fingerprint density at radius 2 is 1.89 bits per heavy atom. The molecule has 0 amide bonds. The molecular formula is C15H20N2OS. The van der Waals surface area contributed by atoms with Crippen LogP contribution in [0.5, 0.6) is 0 Å². The highest BCUT2D eigenvalue weighted by atomic mass is 32.1. The van der Waals surface area contributed by atoms with Gasteiger partial charge in [0.15, 0.2) is 0 Å². The lowest BCUT2D eigenvalue weighted by Gasteiger charge is -2.07. The van der Waals surface area contributed by atoms with Crippen molar-refractivity contribution in [2.24, 2.45) is 5.73 Å². The number of benzene rings is 1. The first-order chi connectivity index (χ1) is 9.01. The molecule has 102 valence electrons. The zero-order valence-electron chi connectivity index (χ0n) is 11.6. The molecule has 1 atom stereocenters. The summed E-state index contributed by atoms with van der Waals surface area (Å²) < 4.78 is 0. The van der Waals surface area contributed by atoms with Crippen LogP contribution in [0.15, 0.2) is 17.5 Å². The third-order valence-electron chi connectivity index (χ3n) is 3.35. The molecule has 4 heteroatoms. The number of nitrogens with zero attached hydrogens (tertiary/aromatic N) is 1. The summed E-state index contributed by atoms with van der Waals surface area (Å²) in [6, 6.07) is 4.38. The van der Waals surface area contributed by atoms with E-state index in [1.165, 1.54) is 22.3 Å². The maximum absolute atomic E-state index is 9.57. The van der Waals surface area contributed by atoms with Gasteiger partial charge in [-0.3, -0.25) is 0 Å². The third kappa shape index (κ3) is 3.21. The molecule has 3 nitrogen and oxygen atoms in total. The van der Waals surface area contributed by atoms with Gasteiger partial charge in [-0.2, -0.15) is 0 Å². The van der Waals surface area contributed by atoms with Crippen LogP contribution in [0, 0.1) is 20.8 Å². The summed E-state index contributed by atoms with van der Waals surface area (Å²) in [5.41, 5.74) is 11.4. The Bertz CT molecular complexity index is 578. The number of rotatable bonds is 4. The van der Waals surface area contributed by atoms with Gasteiger partial charge in [0.25, 0.3) is 0 Å². The average molecular weight is 276 g/mol. The zero-order chi connectivity index (χ0) is 14.0. The molecule has 0 saturated carbocycles. The molecule has 0 radical (unpaired) electrons. The van der Waals surface area contributed by atoms with Gasteiger partial charge in [0.2, 0.25) is 0 Å². The van der Waals surface area contributed by atoms with E-state index in [2.05, 4.69) is 43.3 Å². The summed E-state index contributed by atoms with van der Waals surface area (Å²) in [5.74, 6) is 0. The lowest BCUT2D eigenvalue weighted by Crippen LogP contribution is -2.21. The molecule has 2 aromatic rings. The Hall–Kier alpha value is -1.23. The standard InChI is InChI=1S/C15H20N2OS/c1-9-4-11(3)13(5-10(9)2)14-8-19-15(17-14)6-12(18)7-16/h4-5,8,12,18H,6-7,16H2,1-3H3. The largest absolute Gasteiger partial charge is 0.391 e. The number of aliphatic hydroxyl groups is 1. The molecule has 19 heavy (non-hydrogen) atoms. The lowest BCUT2D eigenvalue weighted by molar-refractivity contribution is 0.183. The van der Waals surface area contributed by atoms with E-state index in [0.29, 0.717) is 6.42 Å². The fraction of sp³-hybridized carbons (Fsp3) is 0.400. The van der Waals surface area contributed by atoms with E-state index in [0.717, 1.165) is 10.7 Å². The van der Waals surface area contributed by atoms with Crippen LogP contribution >= 0.6 is 11.3 Å². The van der Waals surface area contributed by atoms with Crippen molar-refractivity contribution in [2.75, 3.05) is 6.54 Å². The molecule has 0 spiro atoms. The summed E-state index contributed by atoms with van der Waals surface area (Å²) in [5, 5.41) is 12.6.